The van der Waals surface area contributed by atoms with E-state index in [0.29, 0.717) is 11.7 Å². The van der Waals surface area contributed by atoms with Gasteiger partial charge in [0.25, 0.3) is 0 Å². The average Bonchev–Trinajstić information content (AvgIpc) is 3.40. The van der Waals surface area contributed by atoms with E-state index in [1.54, 1.807) is 12.4 Å². The van der Waals surface area contributed by atoms with Crippen LogP contribution in [0.4, 0.5) is 0 Å². The van der Waals surface area contributed by atoms with Crippen LogP contribution in [-0.2, 0) is 30.3 Å². The minimum Gasteiger partial charge on any atom is -0.512 e. The predicted octanol–water partition coefficient (Wildman–Crippen LogP) is 9.23. The van der Waals surface area contributed by atoms with E-state index in [0.717, 1.165) is 47.9 Å². The van der Waals surface area contributed by atoms with Crippen molar-refractivity contribution < 1.29 is 34.4 Å². The van der Waals surface area contributed by atoms with Crippen LogP contribution in [0.2, 0.25) is 0 Å². The maximum absolute atomic E-state index is 11.7. The fourth-order valence-corrected chi connectivity index (χ4v) is 4.90. The Morgan fingerprint density at radius 2 is 1.64 bits per heavy atom. The van der Waals surface area contributed by atoms with Gasteiger partial charge in [0.05, 0.1) is 18.2 Å². The number of hydrogen-bond donors (Lipinski definition) is 1. The van der Waals surface area contributed by atoms with Crippen LogP contribution in [0.25, 0.3) is 33.4 Å². The monoisotopic (exact) mass is 747 g/mol. The second kappa shape index (κ2) is 15.9. The summed E-state index contributed by atoms with van der Waals surface area (Å²) in [4.78, 5) is 15.9. The zero-order valence-electron chi connectivity index (χ0n) is 26.1. The molecule has 0 saturated carbocycles. The van der Waals surface area contributed by atoms with E-state index < -0.39 is 0 Å². The number of aryl methyl sites for hydroxylation is 1. The molecule has 0 fully saturated rings. The second-order valence-corrected chi connectivity index (χ2v) is 11.5. The van der Waals surface area contributed by atoms with Crippen LogP contribution >= 0.6 is 0 Å². The van der Waals surface area contributed by atoms with Gasteiger partial charge in [0, 0.05) is 56.2 Å². The Balaban J connectivity index is 0.000000334. The smallest absolute Gasteiger partial charge is 0.191 e. The van der Waals surface area contributed by atoms with Gasteiger partial charge in [-0.15, -0.1) is 29.1 Å². The summed E-state index contributed by atoms with van der Waals surface area (Å²) in [7, 11) is 0. The van der Waals surface area contributed by atoms with E-state index in [-0.39, 0.29) is 48.9 Å². The second-order valence-electron chi connectivity index (χ2n) is 11.5. The van der Waals surface area contributed by atoms with E-state index in [2.05, 4.69) is 66.3 Å². The Morgan fingerprint density at radius 3 is 2.21 bits per heavy atom. The summed E-state index contributed by atoms with van der Waals surface area (Å²) in [6.07, 6.45) is 8.30. The average molecular weight is 747 g/mol. The summed E-state index contributed by atoms with van der Waals surface area (Å²) in [5.74, 6) is 1.87. The molecule has 6 nitrogen and oxygen atoms in total. The topological polar surface area (TPSA) is 89.1 Å². The Labute approximate surface area is 264 Å². The van der Waals surface area contributed by atoms with Crippen molar-refractivity contribution in [3.63, 3.8) is 0 Å². The van der Waals surface area contributed by atoms with Crippen LogP contribution in [0.1, 0.15) is 85.6 Å². The van der Waals surface area contributed by atoms with E-state index in [1.165, 1.54) is 17.0 Å². The molecule has 7 heteroatoms. The third-order valence-corrected chi connectivity index (χ3v) is 7.50. The van der Waals surface area contributed by atoms with Crippen LogP contribution < -0.4 is 0 Å². The van der Waals surface area contributed by atoms with Crippen LogP contribution in [0, 0.1) is 24.8 Å². The number of benzene rings is 2. The molecule has 0 aliphatic heterocycles. The summed E-state index contributed by atoms with van der Waals surface area (Å²) >= 11 is 0. The SMILES string of the molecule is CCC(CC)C(=O)/C=C(\O)C(CC)CC.Cc1ncc(-c2cnnc(-c3[c-]c4ccccc4c(C(C)(C)C)c3)c2)o1.[Ir]. The number of carbonyl (C=O) groups is 1. The molecule has 4 rings (SSSR count). The molecule has 1 radical (unpaired) electrons. The van der Waals surface area contributed by atoms with Crippen molar-refractivity contribution in [2.45, 2.75) is 86.5 Å². The summed E-state index contributed by atoms with van der Waals surface area (Å²) in [6.45, 7) is 16.6. The molecule has 0 spiro atoms. The zero-order chi connectivity index (χ0) is 30.2. The summed E-state index contributed by atoms with van der Waals surface area (Å²) < 4.78 is 5.62. The van der Waals surface area contributed by atoms with Crippen molar-refractivity contribution in [1.82, 2.24) is 15.2 Å². The van der Waals surface area contributed by atoms with Gasteiger partial charge in [-0.05, 0) is 31.1 Å². The third kappa shape index (κ3) is 8.92. The molecular weight excluding hydrogens is 703 g/mol. The number of aliphatic hydroxyl groups excluding tert-OH is 1. The van der Waals surface area contributed by atoms with Crippen molar-refractivity contribution in [2.75, 3.05) is 0 Å². The van der Waals surface area contributed by atoms with Gasteiger partial charge in [-0.3, -0.25) is 4.79 Å². The quantitative estimate of drug-likeness (QED) is 0.104. The van der Waals surface area contributed by atoms with Gasteiger partial charge in [-0.1, -0.05) is 83.7 Å². The largest absolute Gasteiger partial charge is 0.512 e. The van der Waals surface area contributed by atoms with Gasteiger partial charge in [0.2, 0.25) is 0 Å². The Morgan fingerprint density at radius 1 is 1.00 bits per heavy atom. The number of carbonyl (C=O) groups excluding carboxylic acids is 1. The van der Waals surface area contributed by atoms with Crippen LogP contribution in [0.5, 0.6) is 0 Å². The minimum absolute atomic E-state index is 0. The van der Waals surface area contributed by atoms with Crippen molar-refractivity contribution >= 4 is 16.6 Å². The number of hydrogen-bond acceptors (Lipinski definition) is 6. The van der Waals surface area contributed by atoms with Crippen LogP contribution in [0.15, 0.2) is 65.0 Å². The standard InChI is InChI=1S/C22H20N3O.C13H24O2.Ir/c1-14-23-13-21(26-14)17-11-20(25-24-12-17)16-9-15-7-5-6-8-18(15)19(10-16)22(2,3)4;1-5-10(6-2)12(14)9-13(15)11(7-3)8-4;/h5-8,10-13H,1-4H3;9-11,14H,5-8H2,1-4H3;/q-1;;/b;12-9-;. The van der Waals surface area contributed by atoms with Gasteiger partial charge in [-0.25, -0.2) is 4.98 Å². The number of ketones is 1. The molecule has 0 bridgehead atoms. The van der Waals surface area contributed by atoms with Gasteiger partial charge in [0.15, 0.2) is 17.4 Å². The molecule has 1 N–H and O–H groups in total. The molecule has 227 valence electrons. The molecule has 0 unspecified atom stereocenters. The summed E-state index contributed by atoms with van der Waals surface area (Å²) in [5.41, 5.74) is 3.84. The maximum atomic E-state index is 11.7. The number of fused-ring (bicyclic) bond motifs is 1. The Hall–Kier alpha value is -3.15. The maximum Gasteiger partial charge on any atom is 0.191 e. The summed E-state index contributed by atoms with van der Waals surface area (Å²) in [5, 5.41) is 20.6. The van der Waals surface area contributed by atoms with E-state index in [4.69, 9.17) is 4.42 Å². The van der Waals surface area contributed by atoms with Gasteiger partial charge < -0.3 is 9.52 Å². The molecule has 2 heterocycles. The zero-order valence-corrected chi connectivity index (χ0v) is 28.5. The molecule has 2 aromatic heterocycles. The van der Waals surface area contributed by atoms with Crippen LogP contribution in [0.3, 0.4) is 0 Å². The fourth-order valence-electron chi connectivity index (χ4n) is 4.90. The number of aliphatic hydroxyl groups is 1. The number of oxazole rings is 1. The molecule has 2 aromatic carbocycles. The van der Waals surface area contributed by atoms with Gasteiger partial charge in [-0.2, -0.15) is 10.2 Å². The van der Waals surface area contributed by atoms with Crippen molar-refractivity contribution in [3.05, 3.63) is 78.1 Å². The minimum atomic E-state index is 0. The van der Waals surface area contributed by atoms with Crippen molar-refractivity contribution in [3.8, 4) is 22.6 Å². The molecule has 0 amide bonds. The van der Waals surface area contributed by atoms with Crippen LogP contribution in [-0.4, -0.2) is 26.1 Å². The predicted molar refractivity (Wildman–Crippen MR) is 167 cm³/mol. The first-order valence-electron chi connectivity index (χ1n) is 14.7. The molecule has 0 aliphatic carbocycles. The Bertz CT molecular complexity index is 1480. The first-order chi connectivity index (χ1) is 19.5. The molecule has 0 saturated heterocycles. The molecular formula is C35H44IrN3O3-. The Kier molecular flexibility index (Phi) is 13.3. The van der Waals surface area contributed by atoms with E-state index >= 15 is 0 Å². The molecule has 0 atom stereocenters. The molecule has 4 aromatic rings. The normalized spacial score (nSPS) is 11.8. The third-order valence-electron chi connectivity index (χ3n) is 7.50. The first-order valence-corrected chi connectivity index (χ1v) is 14.7. The van der Waals surface area contributed by atoms with Crippen molar-refractivity contribution in [2.24, 2.45) is 11.8 Å². The van der Waals surface area contributed by atoms with E-state index in [9.17, 15) is 9.90 Å². The van der Waals surface area contributed by atoms with Gasteiger partial charge in [0.1, 0.15) is 0 Å². The first kappa shape index (κ1) is 35.0. The molecule has 42 heavy (non-hydrogen) atoms. The number of nitrogens with zero attached hydrogens (tertiary/aromatic N) is 3. The van der Waals surface area contributed by atoms with Crippen molar-refractivity contribution in [1.29, 1.82) is 0 Å². The number of rotatable bonds is 9. The summed E-state index contributed by atoms with van der Waals surface area (Å²) in [6, 6.07) is 16.0. The van der Waals surface area contributed by atoms with Gasteiger partial charge >= 0.3 is 0 Å². The molecule has 0 aliphatic rings. The number of aromatic nitrogens is 3. The van der Waals surface area contributed by atoms with E-state index in [1.807, 2.05) is 46.8 Å². The fraction of sp³-hybridized carbons (Fsp3) is 0.429. The number of allylic oxidation sites excluding steroid dienone is 2.